The summed E-state index contributed by atoms with van der Waals surface area (Å²) in [6.45, 7) is 0.652. The highest BCUT2D eigenvalue weighted by Crippen LogP contribution is 2.27. The van der Waals surface area contributed by atoms with E-state index in [9.17, 15) is 9.59 Å². The van der Waals surface area contributed by atoms with Crippen molar-refractivity contribution in [3.8, 4) is 11.3 Å². The topological polar surface area (TPSA) is 62.3 Å². The third-order valence-electron chi connectivity index (χ3n) is 4.95. The molecule has 0 bridgehead atoms. The summed E-state index contributed by atoms with van der Waals surface area (Å²) in [6, 6.07) is 23.3. The molecule has 4 rings (SSSR count). The van der Waals surface area contributed by atoms with E-state index in [1.165, 1.54) is 0 Å². The minimum Gasteiger partial charge on any atom is -0.333 e. The Morgan fingerprint density at radius 3 is 2.46 bits per heavy atom. The Bertz CT molecular complexity index is 956. The summed E-state index contributed by atoms with van der Waals surface area (Å²) in [6.07, 6.45) is 2.21. The van der Waals surface area contributed by atoms with Crippen molar-refractivity contribution in [1.29, 1.82) is 0 Å². The number of anilines is 1. The zero-order valence-corrected chi connectivity index (χ0v) is 15.4. The number of nitrogens with zero attached hydrogens (tertiary/aromatic N) is 2. The molecule has 1 aliphatic rings. The smallest absolute Gasteiger partial charge is 0.243 e. The Morgan fingerprint density at radius 1 is 1.00 bits per heavy atom. The van der Waals surface area contributed by atoms with Crippen molar-refractivity contribution in [2.24, 2.45) is 0 Å². The summed E-state index contributed by atoms with van der Waals surface area (Å²) in [7, 11) is 0. The lowest BCUT2D eigenvalue weighted by Crippen LogP contribution is -2.34. The molecule has 140 valence electrons. The van der Waals surface area contributed by atoms with E-state index in [2.05, 4.69) is 10.3 Å². The van der Waals surface area contributed by atoms with Crippen LogP contribution in [0.3, 0.4) is 0 Å². The highest BCUT2D eigenvalue weighted by molar-refractivity contribution is 5.95. The summed E-state index contributed by atoms with van der Waals surface area (Å²) < 4.78 is 0. The third-order valence-corrected chi connectivity index (χ3v) is 4.95. The highest BCUT2D eigenvalue weighted by atomic mass is 16.2. The van der Waals surface area contributed by atoms with Gasteiger partial charge in [-0.25, -0.2) is 0 Å². The minimum absolute atomic E-state index is 0.0227. The van der Waals surface area contributed by atoms with Crippen LogP contribution >= 0.6 is 0 Å². The molecule has 1 N–H and O–H groups in total. The highest BCUT2D eigenvalue weighted by Gasteiger charge is 2.31. The molecule has 2 heterocycles. The number of benzene rings is 2. The van der Waals surface area contributed by atoms with Crippen molar-refractivity contribution >= 4 is 17.5 Å². The fourth-order valence-electron chi connectivity index (χ4n) is 3.51. The van der Waals surface area contributed by atoms with E-state index in [1.54, 1.807) is 11.1 Å². The van der Waals surface area contributed by atoms with Crippen molar-refractivity contribution in [3.05, 3.63) is 84.6 Å². The van der Waals surface area contributed by atoms with Gasteiger partial charge in [0.1, 0.15) is 0 Å². The van der Waals surface area contributed by atoms with E-state index >= 15 is 0 Å². The summed E-state index contributed by atoms with van der Waals surface area (Å²) in [5, 5.41) is 2.87. The first kappa shape index (κ1) is 17.9. The van der Waals surface area contributed by atoms with Crippen LogP contribution in [0.1, 0.15) is 17.9 Å². The monoisotopic (exact) mass is 371 g/mol. The quantitative estimate of drug-likeness (QED) is 0.744. The standard InChI is InChI=1S/C23H21N3O2/c27-22(16-26-15-19(14-23(26)28)17-6-2-1-3-7-17)25-20-11-9-18(10-12-20)21-8-4-5-13-24-21/h1-13,19H,14-16H2,(H,25,27). The first-order chi connectivity index (χ1) is 13.7. The summed E-state index contributed by atoms with van der Waals surface area (Å²) in [5.41, 5.74) is 3.72. The number of nitrogens with one attached hydrogen (secondary N) is 1. The molecular formula is C23H21N3O2. The molecule has 5 heteroatoms. The lowest BCUT2D eigenvalue weighted by Gasteiger charge is -2.16. The Morgan fingerprint density at radius 2 is 1.75 bits per heavy atom. The van der Waals surface area contributed by atoms with Crippen molar-refractivity contribution in [1.82, 2.24) is 9.88 Å². The number of amides is 2. The lowest BCUT2D eigenvalue weighted by molar-refractivity contribution is -0.131. The van der Waals surface area contributed by atoms with Crippen LogP contribution in [0.15, 0.2) is 79.0 Å². The van der Waals surface area contributed by atoms with Crippen LogP contribution in [0.2, 0.25) is 0 Å². The number of aromatic nitrogens is 1. The molecular weight excluding hydrogens is 350 g/mol. The van der Waals surface area contributed by atoms with Gasteiger partial charge in [0.2, 0.25) is 11.8 Å². The fourth-order valence-corrected chi connectivity index (χ4v) is 3.51. The maximum atomic E-state index is 12.4. The van der Waals surface area contributed by atoms with Crippen LogP contribution in [0.4, 0.5) is 5.69 Å². The Kier molecular flexibility index (Phi) is 5.15. The second kappa shape index (κ2) is 8.05. The van der Waals surface area contributed by atoms with Gasteiger partial charge < -0.3 is 10.2 Å². The van der Waals surface area contributed by atoms with Gasteiger partial charge in [0.25, 0.3) is 0 Å². The van der Waals surface area contributed by atoms with E-state index < -0.39 is 0 Å². The SMILES string of the molecule is O=C(CN1CC(c2ccccc2)CC1=O)Nc1ccc(-c2ccccn2)cc1. The van der Waals surface area contributed by atoms with Crippen molar-refractivity contribution < 1.29 is 9.59 Å². The van der Waals surface area contributed by atoms with Crippen LogP contribution in [0.25, 0.3) is 11.3 Å². The number of rotatable bonds is 5. The van der Waals surface area contributed by atoms with E-state index in [0.29, 0.717) is 18.7 Å². The summed E-state index contributed by atoms with van der Waals surface area (Å²) >= 11 is 0. The molecule has 1 aliphatic heterocycles. The van der Waals surface area contributed by atoms with E-state index in [-0.39, 0.29) is 24.3 Å². The van der Waals surface area contributed by atoms with Crippen LogP contribution in [-0.4, -0.2) is 34.8 Å². The van der Waals surface area contributed by atoms with Crippen LogP contribution in [0.5, 0.6) is 0 Å². The molecule has 0 radical (unpaired) electrons. The molecule has 1 fully saturated rings. The lowest BCUT2D eigenvalue weighted by atomic mass is 9.99. The number of carbonyl (C=O) groups excluding carboxylic acids is 2. The zero-order chi connectivity index (χ0) is 19.3. The fraction of sp³-hybridized carbons (Fsp3) is 0.174. The van der Waals surface area contributed by atoms with E-state index in [0.717, 1.165) is 16.8 Å². The zero-order valence-electron chi connectivity index (χ0n) is 15.4. The molecule has 0 aliphatic carbocycles. The molecule has 1 unspecified atom stereocenters. The molecule has 1 saturated heterocycles. The van der Waals surface area contributed by atoms with Gasteiger partial charge in [-0.1, -0.05) is 48.5 Å². The molecule has 2 aromatic carbocycles. The van der Waals surface area contributed by atoms with Gasteiger partial charge in [0, 0.05) is 36.3 Å². The average molecular weight is 371 g/mol. The van der Waals surface area contributed by atoms with Crippen LogP contribution in [0, 0.1) is 0 Å². The van der Waals surface area contributed by atoms with Gasteiger partial charge in [-0.15, -0.1) is 0 Å². The molecule has 28 heavy (non-hydrogen) atoms. The molecule has 5 nitrogen and oxygen atoms in total. The van der Waals surface area contributed by atoms with Crippen LogP contribution in [-0.2, 0) is 9.59 Å². The summed E-state index contributed by atoms with van der Waals surface area (Å²) in [4.78, 5) is 30.6. The maximum Gasteiger partial charge on any atom is 0.243 e. The van der Waals surface area contributed by atoms with Gasteiger partial charge in [0.05, 0.1) is 12.2 Å². The number of hydrogen-bond donors (Lipinski definition) is 1. The van der Waals surface area contributed by atoms with Crippen molar-refractivity contribution in [2.75, 3.05) is 18.4 Å². The predicted molar refractivity (Wildman–Crippen MR) is 109 cm³/mol. The largest absolute Gasteiger partial charge is 0.333 e. The maximum absolute atomic E-state index is 12.4. The second-order valence-corrected chi connectivity index (χ2v) is 6.93. The van der Waals surface area contributed by atoms with Gasteiger partial charge >= 0.3 is 0 Å². The average Bonchev–Trinajstić information content (AvgIpc) is 3.10. The van der Waals surface area contributed by atoms with Gasteiger partial charge in [-0.05, 0) is 29.8 Å². The number of carbonyl (C=O) groups is 2. The second-order valence-electron chi connectivity index (χ2n) is 6.93. The van der Waals surface area contributed by atoms with Gasteiger partial charge in [-0.2, -0.15) is 0 Å². The van der Waals surface area contributed by atoms with Gasteiger partial charge in [0.15, 0.2) is 0 Å². The third kappa shape index (κ3) is 4.09. The minimum atomic E-state index is -0.187. The first-order valence-electron chi connectivity index (χ1n) is 9.33. The normalized spacial score (nSPS) is 16.2. The molecule has 3 aromatic rings. The number of likely N-dealkylation sites (tertiary alicyclic amines) is 1. The van der Waals surface area contributed by atoms with E-state index in [1.807, 2.05) is 72.8 Å². The molecule has 0 saturated carbocycles. The van der Waals surface area contributed by atoms with E-state index in [4.69, 9.17) is 0 Å². The molecule has 0 spiro atoms. The predicted octanol–water partition coefficient (Wildman–Crippen LogP) is 3.70. The first-order valence-corrected chi connectivity index (χ1v) is 9.33. The van der Waals surface area contributed by atoms with Crippen LogP contribution < -0.4 is 5.32 Å². The Balaban J connectivity index is 1.35. The number of pyridine rings is 1. The van der Waals surface area contributed by atoms with Gasteiger partial charge in [-0.3, -0.25) is 14.6 Å². The Labute approximate surface area is 164 Å². The summed E-state index contributed by atoms with van der Waals surface area (Å²) in [5.74, 6) is -0.0127. The van der Waals surface area contributed by atoms with Crippen molar-refractivity contribution in [2.45, 2.75) is 12.3 Å². The van der Waals surface area contributed by atoms with Crippen molar-refractivity contribution in [3.63, 3.8) is 0 Å². The Hall–Kier alpha value is -3.47. The molecule has 2 amide bonds. The molecule has 1 aromatic heterocycles. The number of hydrogen-bond acceptors (Lipinski definition) is 3. The molecule has 1 atom stereocenters.